The van der Waals surface area contributed by atoms with Gasteiger partial charge < -0.3 is 10.5 Å². The van der Waals surface area contributed by atoms with E-state index in [9.17, 15) is 4.79 Å². The van der Waals surface area contributed by atoms with Crippen molar-refractivity contribution in [1.29, 1.82) is 0 Å². The third-order valence-corrected chi connectivity index (χ3v) is 2.83. The molecule has 0 bridgehead atoms. The quantitative estimate of drug-likeness (QED) is 0.668. The van der Waals surface area contributed by atoms with Gasteiger partial charge in [0.15, 0.2) is 0 Å². The van der Waals surface area contributed by atoms with Crippen molar-refractivity contribution in [2.24, 2.45) is 10.8 Å². The number of hydrogen-bond acceptors (Lipinski definition) is 3. The maximum Gasteiger partial charge on any atom is 0.332 e. The Kier molecular flexibility index (Phi) is 4.56. The van der Waals surface area contributed by atoms with Crippen LogP contribution in [0, 0.1) is 13.8 Å². The summed E-state index contributed by atoms with van der Waals surface area (Å²) in [5, 5.41) is 3.69. The van der Waals surface area contributed by atoms with Crippen LogP contribution < -0.4 is 15.9 Å². The number of nitrogens with zero attached hydrogens (tertiary/aromatic N) is 1. The van der Waals surface area contributed by atoms with Gasteiger partial charge in [0.05, 0.1) is 6.21 Å². The monoisotopic (exact) mass is 283 g/mol. The number of hydrogen-bond donors (Lipinski definition) is 2. The third kappa shape index (κ3) is 4.35. The van der Waals surface area contributed by atoms with Crippen molar-refractivity contribution < 1.29 is 9.53 Å². The second kappa shape index (κ2) is 6.56. The Bertz CT molecular complexity index is 664. The van der Waals surface area contributed by atoms with E-state index in [1.54, 1.807) is 0 Å². The fourth-order valence-corrected chi connectivity index (χ4v) is 1.83. The molecule has 2 aromatic rings. The van der Waals surface area contributed by atoms with Crippen molar-refractivity contribution in [3.05, 3.63) is 59.2 Å². The summed E-state index contributed by atoms with van der Waals surface area (Å²) in [4.78, 5) is 10.5. The first-order chi connectivity index (χ1) is 10.0. The zero-order valence-electron chi connectivity index (χ0n) is 12.0. The number of nitrogens with two attached hydrogens (primary N) is 1. The standard InChI is InChI=1S/C16H17N3O2/c1-11-3-8-15(12(2)9-11)21-14-6-4-13(5-7-14)10-18-19-16(17)20/h3-10H,1-2H3,(H3,17,19,20)/b18-10+. The highest BCUT2D eigenvalue weighted by atomic mass is 16.5. The molecule has 0 saturated carbocycles. The molecule has 0 aliphatic heterocycles. The average Bonchev–Trinajstić information content (AvgIpc) is 2.43. The van der Waals surface area contributed by atoms with E-state index in [1.807, 2.05) is 50.2 Å². The van der Waals surface area contributed by atoms with E-state index >= 15 is 0 Å². The van der Waals surface area contributed by atoms with Crippen LogP contribution in [0.2, 0.25) is 0 Å². The Morgan fingerprint density at radius 3 is 2.52 bits per heavy atom. The Hall–Kier alpha value is -2.82. The van der Waals surface area contributed by atoms with Gasteiger partial charge in [-0.3, -0.25) is 0 Å². The molecule has 0 heterocycles. The molecule has 0 radical (unpaired) electrons. The first kappa shape index (κ1) is 14.6. The molecule has 21 heavy (non-hydrogen) atoms. The molecular formula is C16H17N3O2. The lowest BCUT2D eigenvalue weighted by Crippen LogP contribution is -2.24. The Labute approximate surface area is 123 Å². The van der Waals surface area contributed by atoms with Crippen LogP contribution in [0.3, 0.4) is 0 Å². The zero-order valence-corrected chi connectivity index (χ0v) is 12.0. The number of aryl methyl sites for hydroxylation is 2. The van der Waals surface area contributed by atoms with Crippen LogP contribution in [0.5, 0.6) is 11.5 Å². The molecule has 0 fully saturated rings. The van der Waals surface area contributed by atoms with Crippen molar-refractivity contribution in [1.82, 2.24) is 5.43 Å². The van der Waals surface area contributed by atoms with Crippen molar-refractivity contribution in [3.8, 4) is 11.5 Å². The summed E-state index contributed by atoms with van der Waals surface area (Å²) in [6.45, 7) is 4.06. The van der Waals surface area contributed by atoms with Crippen LogP contribution in [0.4, 0.5) is 4.79 Å². The van der Waals surface area contributed by atoms with Gasteiger partial charge in [-0.15, -0.1) is 0 Å². The molecule has 0 aliphatic rings. The Morgan fingerprint density at radius 2 is 1.90 bits per heavy atom. The van der Waals surface area contributed by atoms with Gasteiger partial charge in [-0.1, -0.05) is 17.7 Å². The van der Waals surface area contributed by atoms with Gasteiger partial charge >= 0.3 is 6.03 Å². The average molecular weight is 283 g/mol. The van der Waals surface area contributed by atoms with Crippen LogP contribution in [0.25, 0.3) is 0 Å². The number of rotatable bonds is 4. The van der Waals surface area contributed by atoms with Gasteiger partial charge in [-0.05, 0) is 55.3 Å². The van der Waals surface area contributed by atoms with Crippen molar-refractivity contribution in [2.75, 3.05) is 0 Å². The van der Waals surface area contributed by atoms with E-state index in [0.717, 1.165) is 22.6 Å². The molecule has 108 valence electrons. The van der Waals surface area contributed by atoms with Crippen LogP contribution in [-0.2, 0) is 0 Å². The number of amides is 2. The summed E-state index contributed by atoms with van der Waals surface area (Å²) < 4.78 is 5.83. The fraction of sp³-hybridized carbons (Fsp3) is 0.125. The number of primary amides is 1. The predicted octanol–water partition coefficient (Wildman–Crippen LogP) is 3.10. The van der Waals surface area contributed by atoms with Gasteiger partial charge in [-0.25, -0.2) is 10.2 Å². The number of ether oxygens (including phenoxy) is 1. The summed E-state index contributed by atoms with van der Waals surface area (Å²) in [6.07, 6.45) is 1.51. The Balaban J connectivity index is 2.05. The minimum absolute atomic E-state index is 0.693. The molecule has 0 spiro atoms. The number of benzene rings is 2. The van der Waals surface area contributed by atoms with Gasteiger partial charge in [0.1, 0.15) is 11.5 Å². The Morgan fingerprint density at radius 1 is 1.19 bits per heavy atom. The maximum absolute atomic E-state index is 10.5. The van der Waals surface area contributed by atoms with Crippen LogP contribution in [0.1, 0.15) is 16.7 Å². The summed E-state index contributed by atoms with van der Waals surface area (Å²) in [7, 11) is 0. The number of urea groups is 1. The molecule has 3 N–H and O–H groups in total. The highest BCUT2D eigenvalue weighted by molar-refractivity contribution is 5.81. The van der Waals surface area contributed by atoms with E-state index in [0.29, 0.717) is 0 Å². The van der Waals surface area contributed by atoms with Gasteiger partial charge in [-0.2, -0.15) is 5.10 Å². The van der Waals surface area contributed by atoms with Crippen molar-refractivity contribution >= 4 is 12.2 Å². The molecular weight excluding hydrogens is 266 g/mol. The van der Waals surface area contributed by atoms with E-state index in [1.165, 1.54) is 11.8 Å². The minimum Gasteiger partial charge on any atom is -0.457 e. The van der Waals surface area contributed by atoms with E-state index in [4.69, 9.17) is 10.5 Å². The smallest absolute Gasteiger partial charge is 0.332 e. The van der Waals surface area contributed by atoms with Crippen LogP contribution in [0.15, 0.2) is 47.6 Å². The normalized spacial score (nSPS) is 10.6. The van der Waals surface area contributed by atoms with E-state index in [-0.39, 0.29) is 0 Å². The molecule has 0 unspecified atom stereocenters. The summed E-state index contributed by atoms with van der Waals surface area (Å²) >= 11 is 0. The highest BCUT2D eigenvalue weighted by Gasteiger charge is 2.01. The SMILES string of the molecule is Cc1ccc(Oc2ccc(/C=N/NC(N)=O)cc2)c(C)c1. The summed E-state index contributed by atoms with van der Waals surface area (Å²) in [6, 6.07) is 12.7. The largest absolute Gasteiger partial charge is 0.457 e. The van der Waals surface area contributed by atoms with Crippen molar-refractivity contribution in [2.45, 2.75) is 13.8 Å². The summed E-state index contributed by atoms with van der Waals surface area (Å²) in [5.74, 6) is 1.57. The minimum atomic E-state index is -0.693. The summed E-state index contributed by atoms with van der Waals surface area (Å²) in [5.41, 5.74) is 10.2. The maximum atomic E-state index is 10.5. The molecule has 2 amide bonds. The van der Waals surface area contributed by atoms with Gasteiger partial charge in [0.25, 0.3) is 0 Å². The van der Waals surface area contributed by atoms with Crippen molar-refractivity contribution in [3.63, 3.8) is 0 Å². The molecule has 0 aromatic heterocycles. The topological polar surface area (TPSA) is 76.7 Å². The third-order valence-electron chi connectivity index (χ3n) is 2.83. The molecule has 0 saturated heterocycles. The van der Waals surface area contributed by atoms with Crippen LogP contribution >= 0.6 is 0 Å². The molecule has 0 aliphatic carbocycles. The predicted molar refractivity (Wildman–Crippen MR) is 82.7 cm³/mol. The molecule has 5 nitrogen and oxygen atoms in total. The second-order valence-electron chi connectivity index (χ2n) is 4.67. The second-order valence-corrected chi connectivity index (χ2v) is 4.67. The first-order valence-corrected chi connectivity index (χ1v) is 6.48. The first-order valence-electron chi connectivity index (χ1n) is 6.48. The lowest BCUT2D eigenvalue weighted by molar-refractivity contribution is 0.249. The van der Waals surface area contributed by atoms with E-state index in [2.05, 4.69) is 16.6 Å². The number of carbonyl (C=O) groups excluding carboxylic acids is 1. The highest BCUT2D eigenvalue weighted by Crippen LogP contribution is 2.25. The van der Waals surface area contributed by atoms with E-state index < -0.39 is 6.03 Å². The lowest BCUT2D eigenvalue weighted by atomic mass is 10.1. The van der Waals surface area contributed by atoms with Gasteiger partial charge in [0, 0.05) is 0 Å². The van der Waals surface area contributed by atoms with Crippen LogP contribution in [-0.4, -0.2) is 12.2 Å². The lowest BCUT2D eigenvalue weighted by Gasteiger charge is -2.09. The fourth-order valence-electron chi connectivity index (χ4n) is 1.83. The molecule has 2 aromatic carbocycles. The number of carbonyl (C=O) groups is 1. The number of nitrogens with one attached hydrogen (secondary N) is 1. The number of hydrazone groups is 1. The molecule has 0 atom stereocenters. The molecule has 2 rings (SSSR count). The molecule has 5 heteroatoms. The van der Waals surface area contributed by atoms with Gasteiger partial charge in [0.2, 0.25) is 0 Å². The zero-order chi connectivity index (χ0) is 15.2.